The Morgan fingerprint density at radius 2 is 2.06 bits per heavy atom. The molecule has 0 aliphatic carbocycles. The highest BCUT2D eigenvalue weighted by atomic mass is 14.9. The van der Waals surface area contributed by atoms with Crippen LogP contribution in [0.5, 0.6) is 0 Å². The second kappa shape index (κ2) is 3.77. The molecule has 0 amide bonds. The minimum atomic E-state index is 0.603. The molecule has 1 aromatic carbocycles. The maximum atomic E-state index is 5.88. The van der Waals surface area contributed by atoms with Crippen molar-refractivity contribution in [2.24, 2.45) is 0 Å². The first-order valence-electron chi connectivity index (χ1n) is 5.95. The number of anilines is 1. The quantitative estimate of drug-likeness (QED) is 0.703. The molecule has 17 heavy (non-hydrogen) atoms. The van der Waals surface area contributed by atoms with Gasteiger partial charge in [0.15, 0.2) is 0 Å². The fourth-order valence-electron chi connectivity index (χ4n) is 2.35. The molecule has 3 aromatic rings. The number of nitrogens with two attached hydrogens (primary N) is 1. The van der Waals surface area contributed by atoms with Gasteiger partial charge in [0.1, 0.15) is 5.82 Å². The molecule has 0 aliphatic rings. The largest absolute Gasteiger partial charge is 0.384 e. The van der Waals surface area contributed by atoms with Gasteiger partial charge in [-0.3, -0.25) is 0 Å². The fraction of sp³-hybridized carbons (Fsp3) is 0.214. The van der Waals surface area contributed by atoms with Crippen LogP contribution in [0.4, 0.5) is 5.82 Å². The summed E-state index contributed by atoms with van der Waals surface area (Å²) in [7, 11) is 0. The van der Waals surface area contributed by atoms with E-state index in [1.165, 1.54) is 10.8 Å². The van der Waals surface area contributed by atoms with Gasteiger partial charge in [-0.05, 0) is 18.6 Å². The lowest BCUT2D eigenvalue weighted by Gasteiger charge is -2.02. The molecule has 3 rings (SSSR count). The van der Waals surface area contributed by atoms with E-state index in [1.807, 2.05) is 18.2 Å². The number of aromatic amines is 1. The number of hydrogen-bond acceptors (Lipinski definition) is 2. The number of nitrogens with zero attached hydrogens (tertiary/aromatic N) is 1. The molecule has 86 valence electrons. The van der Waals surface area contributed by atoms with Gasteiger partial charge in [-0.1, -0.05) is 31.5 Å². The number of aromatic nitrogens is 2. The maximum absolute atomic E-state index is 5.88. The minimum absolute atomic E-state index is 0.603. The summed E-state index contributed by atoms with van der Waals surface area (Å²) in [5.41, 5.74) is 9.22. The third kappa shape index (κ3) is 1.55. The number of hydrogen-bond donors (Lipinski definition) is 2. The highest BCUT2D eigenvalue weighted by molar-refractivity contribution is 6.08. The molecule has 0 unspecified atom stereocenters. The Hall–Kier alpha value is -2.03. The van der Waals surface area contributed by atoms with Crippen LogP contribution in [0.2, 0.25) is 0 Å². The van der Waals surface area contributed by atoms with Gasteiger partial charge < -0.3 is 10.7 Å². The van der Waals surface area contributed by atoms with Crippen molar-refractivity contribution >= 4 is 27.6 Å². The average molecular weight is 225 g/mol. The van der Waals surface area contributed by atoms with Crippen molar-refractivity contribution in [2.75, 3.05) is 5.73 Å². The Morgan fingerprint density at radius 3 is 2.88 bits per heavy atom. The lowest BCUT2D eigenvalue weighted by molar-refractivity contribution is 0.893. The van der Waals surface area contributed by atoms with Gasteiger partial charge >= 0.3 is 0 Å². The van der Waals surface area contributed by atoms with Crippen LogP contribution in [-0.2, 0) is 6.42 Å². The Labute approximate surface area is 99.7 Å². The molecular formula is C14H15N3. The molecule has 2 aromatic heterocycles. The minimum Gasteiger partial charge on any atom is -0.384 e. The van der Waals surface area contributed by atoms with Crippen LogP contribution in [0, 0.1) is 0 Å². The van der Waals surface area contributed by atoms with Crippen LogP contribution in [-0.4, -0.2) is 9.97 Å². The SMILES string of the molecule is CCCc1nc(N)cc2c1[nH]c1ccccc12. The summed E-state index contributed by atoms with van der Waals surface area (Å²) in [6.45, 7) is 2.15. The van der Waals surface area contributed by atoms with Gasteiger partial charge in [0.05, 0.1) is 11.2 Å². The summed E-state index contributed by atoms with van der Waals surface area (Å²) in [5.74, 6) is 0.603. The smallest absolute Gasteiger partial charge is 0.124 e. The van der Waals surface area contributed by atoms with Crippen molar-refractivity contribution in [1.82, 2.24) is 9.97 Å². The number of rotatable bonds is 2. The van der Waals surface area contributed by atoms with E-state index in [2.05, 4.69) is 29.0 Å². The van der Waals surface area contributed by atoms with Crippen molar-refractivity contribution in [1.29, 1.82) is 0 Å². The van der Waals surface area contributed by atoms with Crippen molar-refractivity contribution in [3.8, 4) is 0 Å². The fourth-order valence-corrected chi connectivity index (χ4v) is 2.35. The third-order valence-electron chi connectivity index (χ3n) is 3.08. The van der Waals surface area contributed by atoms with Crippen LogP contribution in [0.1, 0.15) is 19.0 Å². The summed E-state index contributed by atoms with van der Waals surface area (Å²) in [6.07, 6.45) is 2.02. The lowest BCUT2D eigenvalue weighted by atomic mass is 10.1. The standard InChI is InChI=1S/C14H15N3/c1-2-5-12-14-10(8-13(15)16-12)9-6-3-4-7-11(9)17-14/h3-4,6-8,17H,2,5H2,1H3,(H2,15,16). The number of pyridine rings is 1. The summed E-state index contributed by atoms with van der Waals surface area (Å²) in [5, 5.41) is 2.39. The van der Waals surface area contributed by atoms with Crippen LogP contribution in [0.25, 0.3) is 21.8 Å². The van der Waals surface area contributed by atoms with Crippen molar-refractivity contribution in [2.45, 2.75) is 19.8 Å². The first-order valence-corrected chi connectivity index (χ1v) is 5.95. The molecule has 0 aliphatic heterocycles. The Morgan fingerprint density at radius 1 is 1.24 bits per heavy atom. The van der Waals surface area contributed by atoms with Crippen molar-refractivity contribution < 1.29 is 0 Å². The van der Waals surface area contributed by atoms with Crippen LogP contribution in [0.3, 0.4) is 0 Å². The zero-order valence-electron chi connectivity index (χ0n) is 9.83. The number of aryl methyl sites for hydroxylation is 1. The zero-order valence-corrected chi connectivity index (χ0v) is 9.83. The zero-order chi connectivity index (χ0) is 11.8. The topological polar surface area (TPSA) is 54.7 Å². The maximum Gasteiger partial charge on any atom is 0.124 e. The number of fused-ring (bicyclic) bond motifs is 3. The summed E-state index contributed by atoms with van der Waals surface area (Å²) in [6, 6.07) is 10.2. The molecule has 0 spiro atoms. The molecule has 0 radical (unpaired) electrons. The van der Waals surface area contributed by atoms with Crippen LogP contribution in [0.15, 0.2) is 30.3 Å². The normalized spacial score (nSPS) is 11.4. The van der Waals surface area contributed by atoms with Gasteiger partial charge in [0, 0.05) is 16.3 Å². The van der Waals surface area contributed by atoms with E-state index in [0.717, 1.165) is 29.6 Å². The van der Waals surface area contributed by atoms with E-state index in [9.17, 15) is 0 Å². The van der Waals surface area contributed by atoms with Crippen LogP contribution >= 0.6 is 0 Å². The van der Waals surface area contributed by atoms with E-state index < -0.39 is 0 Å². The number of para-hydroxylation sites is 1. The van der Waals surface area contributed by atoms with E-state index in [-0.39, 0.29) is 0 Å². The van der Waals surface area contributed by atoms with Crippen molar-refractivity contribution in [3.05, 3.63) is 36.0 Å². The number of benzene rings is 1. The van der Waals surface area contributed by atoms with E-state index in [0.29, 0.717) is 5.82 Å². The predicted octanol–water partition coefficient (Wildman–Crippen LogP) is 3.25. The molecule has 0 saturated heterocycles. The third-order valence-corrected chi connectivity index (χ3v) is 3.08. The van der Waals surface area contributed by atoms with Gasteiger partial charge in [0.25, 0.3) is 0 Å². The molecule has 3 nitrogen and oxygen atoms in total. The van der Waals surface area contributed by atoms with E-state index >= 15 is 0 Å². The molecule has 0 bridgehead atoms. The van der Waals surface area contributed by atoms with E-state index in [4.69, 9.17) is 5.73 Å². The number of nitrogen functional groups attached to an aromatic ring is 1. The molecule has 3 heteroatoms. The molecule has 3 N–H and O–H groups in total. The van der Waals surface area contributed by atoms with Gasteiger partial charge in [-0.25, -0.2) is 4.98 Å². The first-order chi connectivity index (χ1) is 8.29. The summed E-state index contributed by atoms with van der Waals surface area (Å²) in [4.78, 5) is 7.87. The Bertz CT molecular complexity index is 682. The van der Waals surface area contributed by atoms with Gasteiger partial charge in [0.2, 0.25) is 0 Å². The van der Waals surface area contributed by atoms with Crippen molar-refractivity contribution in [3.63, 3.8) is 0 Å². The highest BCUT2D eigenvalue weighted by Crippen LogP contribution is 2.28. The monoisotopic (exact) mass is 225 g/mol. The molecule has 2 heterocycles. The van der Waals surface area contributed by atoms with Gasteiger partial charge in [-0.15, -0.1) is 0 Å². The second-order valence-electron chi connectivity index (χ2n) is 4.34. The van der Waals surface area contributed by atoms with Gasteiger partial charge in [-0.2, -0.15) is 0 Å². The number of nitrogens with one attached hydrogen (secondary N) is 1. The molecule has 0 atom stereocenters. The average Bonchev–Trinajstić information content (AvgIpc) is 2.69. The van der Waals surface area contributed by atoms with Crippen LogP contribution < -0.4 is 5.73 Å². The first kappa shape index (κ1) is 10.1. The predicted molar refractivity (Wildman–Crippen MR) is 72.0 cm³/mol. The van der Waals surface area contributed by atoms with E-state index in [1.54, 1.807) is 0 Å². The summed E-state index contributed by atoms with van der Waals surface area (Å²) >= 11 is 0. The Kier molecular flexibility index (Phi) is 2.25. The molecule has 0 saturated carbocycles. The lowest BCUT2D eigenvalue weighted by Crippen LogP contribution is -1.96. The second-order valence-corrected chi connectivity index (χ2v) is 4.34. The molecular weight excluding hydrogens is 210 g/mol. The summed E-state index contributed by atoms with van der Waals surface area (Å²) < 4.78 is 0. The molecule has 0 fully saturated rings. The number of H-pyrrole nitrogens is 1. The highest BCUT2D eigenvalue weighted by Gasteiger charge is 2.09. The Balaban J connectivity index is 2.42.